The number of benzene rings is 1. The number of ether oxygens (including phenoxy) is 1. The van der Waals surface area contributed by atoms with Crippen LogP contribution in [0.15, 0.2) is 18.2 Å². The number of hydrogen-bond acceptors (Lipinski definition) is 3. The molecule has 0 aromatic heterocycles. The lowest BCUT2D eigenvalue weighted by Gasteiger charge is -2.10. The summed E-state index contributed by atoms with van der Waals surface area (Å²) in [5.41, 5.74) is -0.347. The van der Waals surface area contributed by atoms with Crippen molar-refractivity contribution >= 4 is 17.3 Å². The lowest BCUT2D eigenvalue weighted by molar-refractivity contribution is -0.386. The van der Waals surface area contributed by atoms with Gasteiger partial charge in [0.1, 0.15) is 5.82 Å². The molecular weight excluding hydrogens is 261 g/mol. The number of alkyl halides is 1. The van der Waals surface area contributed by atoms with Crippen LogP contribution in [0.25, 0.3) is 0 Å². The Hall–Kier alpha value is -1.36. The SMILES string of the molecule is CC(CCCl)CCOc1ccc(F)cc1[N+](=O)[O-]. The fourth-order valence-corrected chi connectivity index (χ4v) is 1.83. The monoisotopic (exact) mass is 275 g/mol. The normalized spacial score (nSPS) is 12.2. The maximum Gasteiger partial charge on any atom is 0.313 e. The van der Waals surface area contributed by atoms with Crippen LogP contribution in [0.2, 0.25) is 0 Å². The molecule has 0 heterocycles. The van der Waals surface area contributed by atoms with Crippen molar-refractivity contribution in [2.75, 3.05) is 12.5 Å². The van der Waals surface area contributed by atoms with Crippen LogP contribution in [0.1, 0.15) is 19.8 Å². The van der Waals surface area contributed by atoms with E-state index in [-0.39, 0.29) is 11.4 Å². The first-order valence-corrected chi connectivity index (χ1v) is 6.20. The Kier molecular flexibility index (Phi) is 5.85. The highest BCUT2D eigenvalue weighted by atomic mass is 35.5. The van der Waals surface area contributed by atoms with E-state index in [4.69, 9.17) is 16.3 Å². The molecule has 0 amide bonds. The highest BCUT2D eigenvalue weighted by Gasteiger charge is 2.16. The topological polar surface area (TPSA) is 52.4 Å². The first-order valence-electron chi connectivity index (χ1n) is 5.67. The zero-order valence-corrected chi connectivity index (χ0v) is 10.8. The van der Waals surface area contributed by atoms with Gasteiger partial charge in [0, 0.05) is 5.88 Å². The molecular formula is C12H15ClFNO3. The summed E-state index contributed by atoms with van der Waals surface area (Å²) < 4.78 is 18.2. The van der Waals surface area contributed by atoms with Gasteiger partial charge in [0.15, 0.2) is 5.75 Å². The standard InChI is InChI=1S/C12H15ClFNO3/c1-9(4-6-13)5-7-18-12-3-2-10(14)8-11(12)15(16)17/h2-3,8-9H,4-7H2,1H3. The third kappa shape index (κ3) is 4.49. The van der Waals surface area contributed by atoms with E-state index in [0.717, 1.165) is 25.0 Å². The van der Waals surface area contributed by atoms with E-state index in [1.807, 2.05) is 6.92 Å². The number of nitro groups is 1. The Morgan fingerprint density at radius 1 is 1.50 bits per heavy atom. The molecule has 0 fully saturated rings. The second kappa shape index (κ2) is 7.16. The van der Waals surface area contributed by atoms with Crippen LogP contribution in [-0.2, 0) is 0 Å². The highest BCUT2D eigenvalue weighted by Crippen LogP contribution is 2.27. The summed E-state index contributed by atoms with van der Waals surface area (Å²) in [6, 6.07) is 3.28. The van der Waals surface area contributed by atoms with E-state index in [1.54, 1.807) is 0 Å². The van der Waals surface area contributed by atoms with Crippen molar-refractivity contribution in [2.24, 2.45) is 5.92 Å². The lowest BCUT2D eigenvalue weighted by atomic mass is 10.1. The second-order valence-corrected chi connectivity index (χ2v) is 4.47. The van der Waals surface area contributed by atoms with E-state index in [1.165, 1.54) is 6.07 Å². The van der Waals surface area contributed by atoms with Crippen molar-refractivity contribution < 1.29 is 14.1 Å². The molecule has 0 saturated heterocycles. The number of rotatable bonds is 7. The quantitative estimate of drug-likeness (QED) is 0.432. The lowest BCUT2D eigenvalue weighted by Crippen LogP contribution is -2.06. The molecule has 18 heavy (non-hydrogen) atoms. The largest absolute Gasteiger partial charge is 0.487 e. The zero-order valence-electron chi connectivity index (χ0n) is 10.1. The van der Waals surface area contributed by atoms with E-state index in [2.05, 4.69) is 0 Å². The summed E-state index contributed by atoms with van der Waals surface area (Å²) in [7, 11) is 0. The van der Waals surface area contributed by atoms with E-state index in [9.17, 15) is 14.5 Å². The minimum Gasteiger partial charge on any atom is -0.487 e. The average molecular weight is 276 g/mol. The number of nitrogens with zero attached hydrogens (tertiary/aromatic N) is 1. The molecule has 1 unspecified atom stereocenters. The van der Waals surface area contributed by atoms with Gasteiger partial charge < -0.3 is 4.74 Å². The van der Waals surface area contributed by atoms with Gasteiger partial charge >= 0.3 is 5.69 Å². The maximum absolute atomic E-state index is 12.9. The van der Waals surface area contributed by atoms with Gasteiger partial charge in [-0.25, -0.2) is 4.39 Å². The van der Waals surface area contributed by atoms with Gasteiger partial charge in [-0.1, -0.05) is 6.92 Å². The average Bonchev–Trinajstić information content (AvgIpc) is 2.31. The molecule has 4 nitrogen and oxygen atoms in total. The third-order valence-electron chi connectivity index (χ3n) is 2.59. The van der Waals surface area contributed by atoms with Crippen LogP contribution in [-0.4, -0.2) is 17.4 Å². The van der Waals surface area contributed by atoms with Gasteiger partial charge in [0.25, 0.3) is 0 Å². The van der Waals surface area contributed by atoms with Crippen LogP contribution in [0.3, 0.4) is 0 Å². The summed E-state index contributed by atoms with van der Waals surface area (Å²) in [6.07, 6.45) is 1.62. The van der Waals surface area contributed by atoms with Crippen molar-refractivity contribution in [3.8, 4) is 5.75 Å². The Morgan fingerprint density at radius 2 is 2.22 bits per heavy atom. The summed E-state index contributed by atoms with van der Waals surface area (Å²) in [5.74, 6) is 0.420. The molecule has 6 heteroatoms. The van der Waals surface area contributed by atoms with E-state index in [0.29, 0.717) is 18.4 Å². The fraction of sp³-hybridized carbons (Fsp3) is 0.500. The van der Waals surface area contributed by atoms with Gasteiger partial charge in [-0.2, -0.15) is 0 Å². The number of hydrogen-bond donors (Lipinski definition) is 0. The molecule has 0 radical (unpaired) electrons. The zero-order chi connectivity index (χ0) is 13.5. The molecule has 0 N–H and O–H groups in total. The molecule has 1 atom stereocenters. The Bertz CT molecular complexity index is 414. The van der Waals surface area contributed by atoms with Crippen LogP contribution < -0.4 is 4.74 Å². The van der Waals surface area contributed by atoms with Crippen molar-refractivity contribution in [3.05, 3.63) is 34.1 Å². The first-order chi connectivity index (χ1) is 8.54. The van der Waals surface area contributed by atoms with Crippen molar-refractivity contribution in [1.82, 2.24) is 0 Å². The summed E-state index contributed by atoms with van der Waals surface area (Å²) in [4.78, 5) is 10.1. The van der Waals surface area contributed by atoms with Crippen LogP contribution in [0.5, 0.6) is 5.75 Å². The highest BCUT2D eigenvalue weighted by molar-refractivity contribution is 6.17. The van der Waals surface area contributed by atoms with E-state index >= 15 is 0 Å². The van der Waals surface area contributed by atoms with Gasteiger partial charge in [-0.3, -0.25) is 10.1 Å². The Balaban J connectivity index is 2.59. The molecule has 0 aliphatic carbocycles. The molecule has 0 aliphatic heterocycles. The second-order valence-electron chi connectivity index (χ2n) is 4.09. The molecule has 1 rings (SSSR count). The fourth-order valence-electron chi connectivity index (χ4n) is 1.46. The molecule has 0 aliphatic rings. The summed E-state index contributed by atoms with van der Waals surface area (Å²) in [5, 5.41) is 10.7. The molecule has 0 bridgehead atoms. The molecule has 100 valence electrons. The molecule has 1 aromatic rings. The first kappa shape index (κ1) is 14.7. The minimum atomic E-state index is -0.652. The van der Waals surface area contributed by atoms with Gasteiger partial charge in [0.05, 0.1) is 17.6 Å². The Morgan fingerprint density at radius 3 is 2.83 bits per heavy atom. The summed E-state index contributed by atoms with van der Waals surface area (Å²) in [6.45, 7) is 2.38. The molecule has 0 saturated carbocycles. The predicted molar refractivity (Wildman–Crippen MR) is 67.7 cm³/mol. The number of halogens is 2. The van der Waals surface area contributed by atoms with E-state index < -0.39 is 10.7 Å². The van der Waals surface area contributed by atoms with Crippen molar-refractivity contribution in [2.45, 2.75) is 19.8 Å². The summed E-state index contributed by atoms with van der Waals surface area (Å²) >= 11 is 5.60. The smallest absolute Gasteiger partial charge is 0.313 e. The maximum atomic E-state index is 12.9. The number of nitro benzene ring substituents is 1. The molecule has 0 spiro atoms. The van der Waals surface area contributed by atoms with Crippen LogP contribution in [0.4, 0.5) is 10.1 Å². The predicted octanol–water partition coefficient (Wildman–Crippen LogP) is 3.77. The van der Waals surface area contributed by atoms with Gasteiger partial charge in [-0.15, -0.1) is 11.6 Å². The minimum absolute atomic E-state index is 0.0967. The molecule has 1 aromatic carbocycles. The van der Waals surface area contributed by atoms with Crippen LogP contribution >= 0.6 is 11.6 Å². The Labute approximate surface area is 110 Å². The van der Waals surface area contributed by atoms with Crippen molar-refractivity contribution in [3.63, 3.8) is 0 Å². The van der Waals surface area contributed by atoms with Gasteiger partial charge in [0.2, 0.25) is 0 Å². The van der Waals surface area contributed by atoms with Crippen molar-refractivity contribution in [1.29, 1.82) is 0 Å². The third-order valence-corrected chi connectivity index (χ3v) is 2.81. The van der Waals surface area contributed by atoms with Crippen LogP contribution in [0, 0.1) is 21.8 Å². The van der Waals surface area contributed by atoms with Gasteiger partial charge in [-0.05, 0) is 30.9 Å².